The topological polar surface area (TPSA) is 251 Å². The molecule has 8 rings (SSSR count). The Morgan fingerprint density at radius 1 is 0.708 bits per heavy atom. The van der Waals surface area contributed by atoms with Crippen molar-refractivity contribution in [3.63, 3.8) is 0 Å². The number of nitrogens with zero attached hydrogens (tertiary/aromatic N) is 5. The van der Waals surface area contributed by atoms with Gasteiger partial charge >= 0.3 is 5.97 Å². The number of hydrogen-bond donors (Lipinski definition) is 4. The van der Waals surface area contributed by atoms with Gasteiger partial charge in [-0.2, -0.15) is 0 Å². The number of nitrogens with two attached hydrogens (primary N) is 1. The lowest BCUT2D eigenvalue weighted by molar-refractivity contribution is -0.142. The Bertz CT molecular complexity index is 2790. The quantitative estimate of drug-likeness (QED) is 0.132. The van der Waals surface area contributed by atoms with E-state index in [0.29, 0.717) is 36.5 Å². The second kappa shape index (κ2) is 19.7. The van der Waals surface area contributed by atoms with Crippen LogP contribution in [0.1, 0.15) is 45.1 Å². The molecular weight excluding hydrogens is 881 g/mol. The summed E-state index contributed by atoms with van der Waals surface area (Å²) in [5, 5.41) is 17.4. The summed E-state index contributed by atoms with van der Waals surface area (Å²) in [6.45, 7) is 4.88. The highest BCUT2D eigenvalue weighted by molar-refractivity contribution is 7.89. The Balaban J connectivity index is 0.000000192. The van der Waals surface area contributed by atoms with Crippen molar-refractivity contribution in [3.8, 4) is 22.3 Å². The van der Waals surface area contributed by atoms with Gasteiger partial charge in [-0.1, -0.05) is 29.4 Å². The minimum Gasteiger partial charge on any atom is -0.479 e. The molecule has 0 bridgehead atoms. The minimum absolute atomic E-state index is 0.212. The van der Waals surface area contributed by atoms with E-state index in [-0.39, 0.29) is 21.4 Å². The van der Waals surface area contributed by atoms with Crippen molar-refractivity contribution in [1.29, 1.82) is 0 Å². The molecule has 21 heteroatoms. The first kappa shape index (κ1) is 48.5. The molecule has 4 aromatic carbocycles. The maximum atomic E-state index is 12.6. The van der Waals surface area contributed by atoms with Crippen molar-refractivity contribution in [2.45, 2.75) is 42.6 Å². The van der Waals surface area contributed by atoms with Gasteiger partial charge in [0.2, 0.25) is 20.0 Å². The lowest BCUT2D eigenvalue weighted by Crippen LogP contribution is -2.27. The summed E-state index contributed by atoms with van der Waals surface area (Å²) in [7, 11) is 3.06. The van der Waals surface area contributed by atoms with Gasteiger partial charge in [0.25, 0.3) is 17.6 Å². The molecule has 5 N–H and O–H groups in total. The summed E-state index contributed by atoms with van der Waals surface area (Å²) >= 11 is 0. The van der Waals surface area contributed by atoms with Crippen LogP contribution in [0.3, 0.4) is 0 Å². The van der Waals surface area contributed by atoms with Crippen molar-refractivity contribution in [1.82, 2.24) is 18.4 Å². The number of anilines is 2. The molecule has 0 fully saturated rings. The predicted molar refractivity (Wildman–Crippen MR) is 243 cm³/mol. The van der Waals surface area contributed by atoms with E-state index in [0.717, 1.165) is 76.1 Å². The Labute approximate surface area is 377 Å². The number of sulfonamides is 2. The number of carboxylic acids is 1. The summed E-state index contributed by atoms with van der Waals surface area (Å²) in [6.07, 6.45) is 1.62. The minimum atomic E-state index is -3.51. The van der Waals surface area contributed by atoms with Crippen LogP contribution in [0.25, 0.3) is 22.3 Å². The van der Waals surface area contributed by atoms with E-state index in [4.69, 9.17) is 9.94 Å². The molecule has 0 spiro atoms. The summed E-state index contributed by atoms with van der Waals surface area (Å²) < 4.78 is 51.8. The van der Waals surface area contributed by atoms with Gasteiger partial charge in [-0.3, -0.25) is 19.2 Å². The van der Waals surface area contributed by atoms with Gasteiger partial charge < -0.3 is 30.4 Å². The number of nitrogens with one attached hydrogen (secondary N) is 2. The third-order valence-corrected chi connectivity index (χ3v) is 14.9. The normalized spacial score (nSPS) is 16.4. The zero-order chi connectivity index (χ0) is 47.5. The molecule has 4 aliphatic rings. The largest absolute Gasteiger partial charge is 0.479 e. The molecule has 0 aromatic heterocycles. The number of carbonyl (C=O) groups excluding carboxylic acids is 3. The number of ketones is 1. The van der Waals surface area contributed by atoms with E-state index in [1.165, 1.54) is 36.8 Å². The highest BCUT2D eigenvalue weighted by atomic mass is 32.2. The van der Waals surface area contributed by atoms with E-state index in [9.17, 15) is 36.0 Å². The average molecular weight is 933 g/mol. The summed E-state index contributed by atoms with van der Waals surface area (Å²) in [5.74, 6) is 1.89. The molecule has 4 aliphatic heterocycles. The van der Waals surface area contributed by atoms with Crippen LogP contribution in [0.15, 0.2) is 75.6 Å². The maximum Gasteiger partial charge on any atom is 0.331 e. The summed E-state index contributed by atoms with van der Waals surface area (Å²) in [5.41, 5.74) is 10.7. The highest BCUT2D eigenvalue weighted by Crippen LogP contribution is 2.42. The van der Waals surface area contributed by atoms with Crippen LogP contribution >= 0.6 is 0 Å². The molecule has 4 heterocycles. The second-order valence-electron chi connectivity index (χ2n) is 16.0. The second-order valence-corrected chi connectivity index (χ2v) is 20.3. The predicted octanol–water partition coefficient (Wildman–Crippen LogP) is 2.97. The summed E-state index contributed by atoms with van der Waals surface area (Å²) in [6, 6.07) is 17.3. The van der Waals surface area contributed by atoms with Crippen LogP contribution in [-0.4, -0.2) is 138 Å². The zero-order valence-corrected chi connectivity index (χ0v) is 38.7. The number of carbonyl (C=O) groups is 4. The van der Waals surface area contributed by atoms with Crippen LogP contribution in [0, 0.1) is 0 Å². The van der Waals surface area contributed by atoms with Crippen LogP contribution in [-0.2, 0) is 70.0 Å². The fourth-order valence-corrected chi connectivity index (χ4v) is 9.67. The van der Waals surface area contributed by atoms with Crippen molar-refractivity contribution in [2.24, 2.45) is 11.1 Å². The number of Topliss-reactive ketones (excluding diaryl/α,β-unsaturated/α-hetero) is 1. The highest BCUT2D eigenvalue weighted by Gasteiger charge is 2.36. The number of aliphatic carboxylic acids is 1. The number of benzene rings is 4. The van der Waals surface area contributed by atoms with Gasteiger partial charge in [-0.05, 0) is 115 Å². The Morgan fingerprint density at radius 2 is 1.14 bits per heavy atom. The third-order valence-electron chi connectivity index (χ3n) is 11.2. The Morgan fingerprint density at radius 3 is 1.54 bits per heavy atom. The number of oxime groups is 1. The smallest absolute Gasteiger partial charge is 0.331 e. The summed E-state index contributed by atoms with van der Waals surface area (Å²) in [4.78, 5) is 59.9. The third kappa shape index (κ3) is 10.0. The SMILES string of the molecule is CCO/N=C1/C(=O)Nc2c1cc(-c1ccc(S(=O)(=O)N(C)C)cc1)c1c2CN(C)CC1.CN1CCc2c(-c3ccc(S(=O)(=O)N(C)C)cc3)cc3c(c2C1)NC(=O)C3=O.NOCC(=O)O. The van der Waals surface area contributed by atoms with E-state index < -0.39 is 44.3 Å². The van der Waals surface area contributed by atoms with E-state index >= 15 is 0 Å². The van der Waals surface area contributed by atoms with Crippen molar-refractivity contribution in [2.75, 3.05) is 79.2 Å². The standard InChI is InChI=1S/C22H26N4O4S.C20H21N3O4S.C2H5NO3/c1-5-30-24-21-18-12-17(14-6-8-15(9-7-14)31(28,29)25(2)3)16-10-11-26(4)13-19(16)20(18)23-22(21)27;1-22(2)28(26,27)13-6-4-12(5-7-13)15-10-16-18(21-20(25)19(16)24)17-11-23(3)9-8-14(15)17;3-6-1-2(4)5/h6-9,12H,5,10-11,13H2,1-4H3,(H,23,24,27);4-7,10H,8-9,11H2,1-3H3,(H,21,24,25);1,3H2,(H,4,5). The monoisotopic (exact) mass is 932 g/mol. The van der Waals surface area contributed by atoms with Gasteiger partial charge in [-0.15, -0.1) is 0 Å². The maximum absolute atomic E-state index is 12.6. The molecule has 0 atom stereocenters. The van der Waals surface area contributed by atoms with E-state index in [1.54, 1.807) is 42.5 Å². The molecular formula is C44H52N8O11S2. The van der Waals surface area contributed by atoms with Crippen LogP contribution in [0.4, 0.5) is 11.4 Å². The van der Waals surface area contributed by atoms with Crippen LogP contribution in [0.5, 0.6) is 0 Å². The fraction of sp³-hybridized carbons (Fsp3) is 0.341. The molecule has 0 radical (unpaired) electrons. The molecule has 0 aliphatic carbocycles. The van der Waals surface area contributed by atoms with Crippen LogP contribution in [0.2, 0.25) is 0 Å². The molecule has 4 aromatic rings. The lowest BCUT2D eigenvalue weighted by Gasteiger charge is -2.29. The van der Waals surface area contributed by atoms with Gasteiger partial charge in [0.1, 0.15) is 6.61 Å². The Hall–Kier alpha value is -5.91. The first-order chi connectivity index (χ1) is 30.7. The van der Waals surface area contributed by atoms with Gasteiger partial charge in [0, 0.05) is 59.9 Å². The fourth-order valence-electron chi connectivity index (χ4n) is 7.86. The molecule has 65 heavy (non-hydrogen) atoms. The number of hydrogen-bond acceptors (Lipinski definition) is 14. The van der Waals surface area contributed by atoms with Crippen molar-refractivity contribution in [3.05, 3.63) is 94.0 Å². The molecule has 19 nitrogen and oxygen atoms in total. The van der Waals surface area contributed by atoms with Gasteiger partial charge in [0.15, 0.2) is 12.3 Å². The van der Waals surface area contributed by atoms with Gasteiger partial charge in [-0.25, -0.2) is 36.1 Å². The van der Waals surface area contributed by atoms with E-state index in [2.05, 4.69) is 43.4 Å². The molecule has 0 unspecified atom stereocenters. The molecule has 346 valence electrons. The molecule has 0 saturated carbocycles. The van der Waals surface area contributed by atoms with Gasteiger partial charge in [0.05, 0.1) is 26.7 Å². The lowest BCUT2D eigenvalue weighted by atomic mass is 9.87. The zero-order valence-electron chi connectivity index (χ0n) is 37.1. The molecule has 0 saturated heterocycles. The van der Waals surface area contributed by atoms with Crippen molar-refractivity contribution >= 4 is 60.7 Å². The number of likely N-dealkylation sites (N-methyl/N-ethyl adjacent to an activating group) is 2. The Kier molecular flexibility index (Phi) is 14.7. The van der Waals surface area contributed by atoms with Crippen molar-refractivity contribution < 1.29 is 50.8 Å². The number of rotatable bonds is 10. The number of amides is 2. The molecule has 2 amide bonds. The van der Waals surface area contributed by atoms with Crippen LogP contribution < -0.4 is 16.5 Å². The number of carboxylic acid groups (broad SMARTS) is 1. The first-order valence-electron chi connectivity index (χ1n) is 20.4. The van der Waals surface area contributed by atoms with E-state index in [1.807, 2.05) is 32.2 Å². The first-order valence-corrected chi connectivity index (χ1v) is 23.3. The number of fused-ring (bicyclic) bond motifs is 6. The average Bonchev–Trinajstić information content (AvgIpc) is 3.75.